The molecule has 0 aliphatic rings. The molecule has 0 aliphatic heterocycles. The first-order valence-electron chi connectivity index (χ1n) is 5.26. The quantitative estimate of drug-likeness (QED) is 0.831. The summed E-state index contributed by atoms with van der Waals surface area (Å²) in [6, 6.07) is 2.35. The molecule has 0 radical (unpaired) electrons. The topological polar surface area (TPSA) is 55.9 Å². The van der Waals surface area contributed by atoms with Crippen LogP contribution in [0.1, 0.15) is 11.8 Å². The Labute approximate surface area is 99.1 Å². The van der Waals surface area contributed by atoms with Gasteiger partial charge >= 0.3 is 0 Å². The Bertz CT molecular complexity index is 421. The molecule has 0 aliphatic carbocycles. The van der Waals surface area contributed by atoms with Crippen molar-refractivity contribution < 1.29 is 0 Å². The molecule has 1 atom stereocenters. The maximum Gasteiger partial charge on any atom is 0.0946 e. The Morgan fingerprint density at radius 2 is 2.50 bits per heavy atom. The van der Waals surface area contributed by atoms with Crippen molar-refractivity contribution >= 4 is 17.0 Å². The van der Waals surface area contributed by atoms with E-state index in [0.717, 1.165) is 18.8 Å². The van der Waals surface area contributed by atoms with Gasteiger partial charge in [0.25, 0.3) is 0 Å². The molecule has 0 fully saturated rings. The van der Waals surface area contributed by atoms with E-state index in [1.165, 1.54) is 4.88 Å². The number of imidazole rings is 1. The highest BCUT2D eigenvalue weighted by Gasteiger charge is 2.04. The predicted octanol–water partition coefficient (Wildman–Crippen LogP) is 1.71. The monoisotopic (exact) mass is 236 g/mol. The Morgan fingerprint density at radius 1 is 1.62 bits per heavy atom. The molecule has 0 saturated heterocycles. The summed E-state index contributed by atoms with van der Waals surface area (Å²) in [5.41, 5.74) is 6.70. The van der Waals surface area contributed by atoms with Crippen molar-refractivity contribution in [1.82, 2.24) is 14.9 Å². The molecule has 86 valence electrons. The first-order valence-corrected chi connectivity index (χ1v) is 6.14. The maximum absolute atomic E-state index is 5.82. The van der Waals surface area contributed by atoms with Crippen LogP contribution >= 0.6 is 11.3 Å². The number of thiophene rings is 1. The summed E-state index contributed by atoms with van der Waals surface area (Å²) in [5.74, 6) is 0. The molecule has 3 N–H and O–H groups in total. The Balaban J connectivity index is 1.80. The van der Waals surface area contributed by atoms with E-state index in [0.29, 0.717) is 6.04 Å². The lowest BCUT2D eigenvalue weighted by Gasteiger charge is -2.13. The van der Waals surface area contributed by atoms with Gasteiger partial charge in [0.2, 0.25) is 0 Å². The number of rotatable bonds is 5. The molecule has 2 aromatic heterocycles. The lowest BCUT2D eigenvalue weighted by atomic mass is 10.3. The SMILES string of the molecule is CC(Cn1ccnc1)NCc1sccc1N. The molecule has 0 bridgehead atoms. The number of hydrogen-bond acceptors (Lipinski definition) is 4. The van der Waals surface area contributed by atoms with Gasteiger partial charge in [-0.2, -0.15) is 0 Å². The Hall–Kier alpha value is -1.33. The highest BCUT2D eigenvalue weighted by Crippen LogP contribution is 2.18. The minimum atomic E-state index is 0.399. The molecule has 0 amide bonds. The molecule has 0 aromatic carbocycles. The highest BCUT2D eigenvalue weighted by atomic mass is 32.1. The normalized spacial score (nSPS) is 12.8. The number of nitrogens with two attached hydrogens (primary N) is 1. The van der Waals surface area contributed by atoms with Gasteiger partial charge in [0.05, 0.1) is 6.33 Å². The average molecular weight is 236 g/mol. The number of nitrogens with zero attached hydrogens (tertiary/aromatic N) is 2. The zero-order valence-electron chi connectivity index (χ0n) is 9.26. The number of nitrogen functional groups attached to an aromatic ring is 1. The third kappa shape index (κ3) is 2.84. The van der Waals surface area contributed by atoms with Crippen LogP contribution < -0.4 is 11.1 Å². The second-order valence-electron chi connectivity index (χ2n) is 3.84. The average Bonchev–Trinajstić information content (AvgIpc) is 2.87. The van der Waals surface area contributed by atoms with E-state index in [4.69, 9.17) is 5.73 Å². The van der Waals surface area contributed by atoms with Gasteiger partial charge in [-0.15, -0.1) is 11.3 Å². The van der Waals surface area contributed by atoms with E-state index in [1.54, 1.807) is 17.5 Å². The number of hydrogen-bond donors (Lipinski definition) is 2. The van der Waals surface area contributed by atoms with Crippen LogP contribution in [0.15, 0.2) is 30.2 Å². The van der Waals surface area contributed by atoms with Crippen molar-refractivity contribution in [3.05, 3.63) is 35.0 Å². The van der Waals surface area contributed by atoms with E-state index < -0.39 is 0 Å². The zero-order valence-corrected chi connectivity index (χ0v) is 10.1. The van der Waals surface area contributed by atoms with Crippen molar-refractivity contribution in [3.8, 4) is 0 Å². The zero-order chi connectivity index (χ0) is 11.4. The van der Waals surface area contributed by atoms with Crippen molar-refractivity contribution in [3.63, 3.8) is 0 Å². The van der Waals surface area contributed by atoms with Crippen LogP contribution in [0.2, 0.25) is 0 Å². The minimum absolute atomic E-state index is 0.399. The van der Waals surface area contributed by atoms with E-state index in [-0.39, 0.29) is 0 Å². The highest BCUT2D eigenvalue weighted by molar-refractivity contribution is 7.10. The van der Waals surface area contributed by atoms with Gasteiger partial charge in [-0.25, -0.2) is 4.98 Å². The molecule has 2 rings (SSSR count). The summed E-state index contributed by atoms with van der Waals surface area (Å²) in [6.45, 7) is 3.91. The summed E-state index contributed by atoms with van der Waals surface area (Å²) in [7, 11) is 0. The summed E-state index contributed by atoms with van der Waals surface area (Å²) < 4.78 is 2.06. The fourth-order valence-corrected chi connectivity index (χ4v) is 2.29. The molecule has 1 unspecified atom stereocenters. The van der Waals surface area contributed by atoms with Gasteiger partial charge in [-0.1, -0.05) is 0 Å². The molecule has 4 nitrogen and oxygen atoms in total. The second kappa shape index (κ2) is 5.14. The van der Waals surface area contributed by atoms with Crippen molar-refractivity contribution in [2.24, 2.45) is 0 Å². The fourth-order valence-electron chi connectivity index (χ4n) is 1.54. The molecule has 2 heterocycles. The lowest BCUT2D eigenvalue weighted by molar-refractivity contribution is 0.478. The molecule has 2 aromatic rings. The smallest absolute Gasteiger partial charge is 0.0946 e. The van der Waals surface area contributed by atoms with Gasteiger partial charge in [-0.3, -0.25) is 0 Å². The summed E-state index contributed by atoms with van der Waals surface area (Å²) >= 11 is 1.69. The Kier molecular flexibility index (Phi) is 3.58. The summed E-state index contributed by atoms with van der Waals surface area (Å²) in [5, 5.41) is 5.47. The van der Waals surface area contributed by atoms with E-state index in [2.05, 4.69) is 21.8 Å². The van der Waals surface area contributed by atoms with Crippen LogP contribution in [0.5, 0.6) is 0 Å². The van der Waals surface area contributed by atoms with E-state index in [1.807, 2.05) is 24.0 Å². The molecular weight excluding hydrogens is 220 g/mol. The molecule has 0 saturated carbocycles. The van der Waals surface area contributed by atoms with Gasteiger partial charge in [-0.05, 0) is 18.4 Å². The Morgan fingerprint density at radius 3 is 3.12 bits per heavy atom. The molecule has 5 heteroatoms. The summed E-state index contributed by atoms with van der Waals surface area (Å²) in [6.07, 6.45) is 5.60. The van der Waals surface area contributed by atoms with Crippen LogP contribution in [0, 0.1) is 0 Å². The van der Waals surface area contributed by atoms with Crippen molar-refractivity contribution in [2.45, 2.75) is 26.1 Å². The first-order chi connectivity index (χ1) is 7.75. The molecule has 16 heavy (non-hydrogen) atoms. The van der Waals surface area contributed by atoms with E-state index >= 15 is 0 Å². The maximum atomic E-state index is 5.82. The summed E-state index contributed by atoms with van der Waals surface area (Å²) in [4.78, 5) is 5.22. The largest absolute Gasteiger partial charge is 0.398 e. The van der Waals surface area contributed by atoms with Crippen LogP contribution in [-0.2, 0) is 13.1 Å². The van der Waals surface area contributed by atoms with Crippen LogP contribution in [0.4, 0.5) is 5.69 Å². The predicted molar refractivity (Wildman–Crippen MR) is 67.3 cm³/mol. The number of aromatic nitrogens is 2. The fraction of sp³-hybridized carbons (Fsp3) is 0.364. The van der Waals surface area contributed by atoms with Gasteiger partial charge in [0.15, 0.2) is 0 Å². The standard InChI is InChI=1S/C11H16N4S/c1-9(7-15-4-3-13-8-15)14-6-11-10(12)2-5-16-11/h2-5,8-9,14H,6-7,12H2,1H3. The third-order valence-corrected chi connectivity index (χ3v) is 3.37. The van der Waals surface area contributed by atoms with Crippen LogP contribution in [0.3, 0.4) is 0 Å². The van der Waals surface area contributed by atoms with Crippen LogP contribution in [-0.4, -0.2) is 15.6 Å². The molecule has 0 spiro atoms. The number of nitrogens with one attached hydrogen (secondary N) is 1. The lowest BCUT2D eigenvalue weighted by Crippen LogP contribution is -2.29. The molecular formula is C11H16N4S. The van der Waals surface area contributed by atoms with Gasteiger partial charge in [0.1, 0.15) is 0 Å². The second-order valence-corrected chi connectivity index (χ2v) is 4.84. The van der Waals surface area contributed by atoms with Crippen LogP contribution in [0.25, 0.3) is 0 Å². The van der Waals surface area contributed by atoms with Crippen molar-refractivity contribution in [2.75, 3.05) is 5.73 Å². The van der Waals surface area contributed by atoms with Gasteiger partial charge in [0, 0.05) is 42.1 Å². The van der Waals surface area contributed by atoms with Gasteiger partial charge < -0.3 is 15.6 Å². The first kappa shape index (κ1) is 11.2. The third-order valence-electron chi connectivity index (χ3n) is 2.43. The van der Waals surface area contributed by atoms with E-state index in [9.17, 15) is 0 Å². The van der Waals surface area contributed by atoms with Crippen molar-refractivity contribution in [1.29, 1.82) is 0 Å². The minimum Gasteiger partial charge on any atom is -0.398 e. The number of anilines is 1.